The number of benzene rings is 2. The maximum atomic E-state index is 5.89. The number of hydrogen-bond donors (Lipinski definition) is 1. The van der Waals surface area contributed by atoms with E-state index in [9.17, 15) is 0 Å². The highest BCUT2D eigenvalue weighted by atomic mass is 32.2. The first-order valence-corrected chi connectivity index (χ1v) is 8.28. The fourth-order valence-corrected chi connectivity index (χ4v) is 4.81. The van der Waals surface area contributed by atoms with Gasteiger partial charge in [-0.05, 0) is 31.0 Å². The fraction of sp³-hybridized carbons (Fsp3) is 0.176. The minimum absolute atomic E-state index is 0.588. The number of rotatable bonds is 3. The molecule has 0 spiro atoms. The molecule has 1 heterocycles. The Kier molecular flexibility index (Phi) is 3.83. The number of nitrogens with two attached hydrogens (primary N) is 1. The van der Waals surface area contributed by atoms with Gasteiger partial charge in [-0.25, -0.2) is 0 Å². The number of fused-ring (bicyclic) bond motifs is 1. The van der Waals surface area contributed by atoms with E-state index in [1.807, 2.05) is 23.1 Å². The van der Waals surface area contributed by atoms with Gasteiger partial charge in [-0.2, -0.15) is 0 Å². The van der Waals surface area contributed by atoms with Crippen molar-refractivity contribution in [2.75, 3.05) is 0 Å². The first-order chi connectivity index (χ1) is 9.70. The SMILES string of the molecule is Cc1cccc(CN)c1Sc1c(C)sc2ccccc12. The van der Waals surface area contributed by atoms with Crippen LogP contribution in [0.2, 0.25) is 0 Å². The Hall–Kier alpha value is -1.29. The van der Waals surface area contributed by atoms with E-state index in [0.717, 1.165) is 0 Å². The topological polar surface area (TPSA) is 26.0 Å². The lowest BCUT2D eigenvalue weighted by atomic mass is 10.1. The second-order valence-electron chi connectivity index (χ2n) is 4.85. The predicted molar refractivity (Wildman–Crippen MR) is 89.8 cm³/mol. The molecule has 0 unspecified atom stereocenters. The molecule has 0 saturated carbocycles. The van der Waals surface area contributed by atoms with E-state index in [1.54, 1.807) is 0 Å². The minimum atomic E-state index is 0.588. The molecular formula is C17H17NS2. The Bertz CT molecular complexity index is 759. The maximum absolute atomic E-state index is 5.89. The van der Waals surface area contributed by atoms with Gasteiger partial charge < -0.3 is 5.73 Å². The first kappa shape index (κ1) is 13.7. The molecule has 20 heavy (non-hydrogen) atoms. The Morgan fingerprint density at radius 1 is 1.00 bits per heavy atom. The molecule has 0 saturated heterocycles. The Morgan fingerprint density at radius 2 is 1.80 bits per heavy atom. The highest BCUT2D eigenvalue weighted by Gasteiger charge is 2.13. The summed E-state index contributed by atoms with van der Waals surface area (Å²) < 4.78 is 1.36. The standard InChI is InChI=1S/C17H17NS2/c1-11-6-5-7-13(10-18)16(11)20-17-12(2)19-15-9-4-3-8-14(15)17/h3-9H,10,18H2,1-2H3. The summed E-state index contributed by atoms with van der Waals surface area (Å²) >= 11 is 3.72. The van der Waals surface area contributed by atoms with E-state index < -0.39 is 0 Å². The van der Waals surface area contributed by atoms with Crippen LogP contribution in [0.5, 0.6) is 0 Å². The molecule has 1 nitrogen and oxygen atoms in total. The van der Waals surface area contributed by atoms with E-state index >= 15 is 0 Å². The van der Waals surface area contributed by atoms with Crippen LogP contribution < -0.4 is 5.73 Å². The van der Waals surface area contributed by atoms with Crippen molar-refractivity contribution in [3.8, 4) is 0 Å². The van der Waals surface area contributed by atoms with E-state index in [2.05, 4.69) is 56.3 Å². The van der Waals surface area contributed by atoms with Crippen molar-refractivity contribution >= 4 is 33.2 Å². The minimum Gasteiger partial charge on any atom is -0.326 e. The molecule has 0 aliphatic rings. The van der Waals surface area contributed by atoms with Crippen molar-refractivity contribution in [1.29, 1.82) is 0 Å². The predicted octanol–water partition coefficient (Wildman–Crippen LogP) is 5.13. The van der Waals surface area contributed by atoms with Gasteiger partial charge in [0.25, 0.3) is 0 Å². The number of aryl methyl sites for hydroxylation is 2. The molecule has 102 valence electrons. The highest BCUT2D eigenvalue weighted by molar-refractivity contribution is 8.00. The van der Waals surface area contributed by atoms with Crippen LogP contribution in [0.4, 0.5) is 0 Å². The summed E-state index contributed by atoms with van der Waals surface area (Å²) in [5.41, 5.74) is 8.41. The van der Waals surface area contributed by atoms with Gasteiger partial charge in [-0.15, -0.1) is 11.3 Å². The zero-order valence-corrected chi connectivity index (χ0v) is 13.3. The van der Waals surface area contributed by atoms with Crippen molar-refractivity contribution < 1.29 is 0 Å². The van der Waals surface area contributed by atoms with Gasteiger partial charge in [-0.3, -0.25) is 0 Å². The fourth-order valence-electron chi connectivity index (χ4n) is 2.39. The van der Waals surface area contributed by atoms with E-state index in [1.165, 1.54) is 35.9 Å². The number of hydrogen-bond acceptors (Lipinski definition) is 3. The van der Waals surface area contributed by atoms with Crippen LogP contribution in [0.25, 0.3) is 10.1 Å². The van der Waals surface area contributed by atoms with E-state index in [-0.39, 0.29) is 0 Å². The Balaban J connectivity index is 2.12. The number of thiophene rings is 1. The smallest absolute Gasteiger partial charge is 0.0357 e. The van der Waals surface area contributed by atoms with Crippen LogP contribution in [-0.4, -0.2) is 0 Å². The lowest BCUT2D eigenvalue weighted by Crippen LogP contribution is -1.99. The average Bonchev–Trinajstić information content (AvgIpc) is 2.77. The third-order valence-corrected chi connectivity index (χ3v) is 6.17. The summed E-state index contributed by atoms with van der Waals surface area (Å²) in [4.78, 5) is 4.05. The zero-order valence-electron chi connectivity index (χ0n) is 11.6. The normalized spacial score (nSPS) is 11.2. The molecule has 0 fully saturated rings. The third-order valence-electron chi connectivity index (χ3n) is 3.43. The summed E-state index contributed by atoms with van der Waals surface area (Å²) in [6.07, 6.45) is 0. The van der Waals surface area contributed by atoms with Crippen LogP contribution in [0.1, 0.15) is 16.0 Å². The second kappa shape index (κ2) is 5.60. The molecule has 0 aliphatic carbocycles. The molecule has 3 heteroatoms. The van der Waals surface area contributed by atoms with E-state index in [4.69, 9.17) is 5.73 Å². The largest absolute Gasteiger partial charge is 0.326 e. The third kappa shape index (κ3) is 2.37. The van der Waals surface area contributed by atoms with Gasteiger partial charge in [0.15, 0.2) is 0 Å². The Morgan fingerprint density at radius 3 is 2.60 bits per heavy atom. The van der Waals surface area contributed by atoms with Gasteiger partial charge in [0, 0.05) is 31.3 Å². The molecule has 0 aliphatic heterocycles. The van der Waals surface area contributed by atoms with Crippen LogP contribution in [0.3, 0.4) is 0 Å². The maximum Gasteiger partial charge on any atom is 0.0357 e. The van der Waals surface area contributed by atoms with Gasteiger partial charge in [0.05, 0.1) is 0 Å². The first-order valence-electron chi connectivity index (χ1n) is 6.65. The molecule has 0 atom stereocenters. The zero-order chi connectivity index (χ0) is 14.1. The lowest BCUT2D eigenvalue weighted by Gasteiger charge is -2.11. The lowest BCUT2D eigenvalue weighted by molar-refractivity contribution is 1.01. The van der Waals surface area contributed by atoms with Gasteiger partial charge >= 0.3 is 0 Å². The molecular weight excluding hydrogens is 282 g/mol. The summed E-state index contributed by atoms with van der Waals surface area (Å²) in [5, 5.41) is 1.35. The molecule has 3 rings (SSSR count). The van der Waals surface area contributed by atoms with Crippen molar-refractivity contribution in [3.05, 3.63) is 58.5 Å². The monoisotopic (exact) mass is 299 g/mol. The summed E-state index contributed by atoms with van der Waals surface area (Å²) in [5.74, 6) is 0. The van der Waals surface area contributed by atoms with Crippen molar-refractivity contribution in [2.45, 2.75) is 30.2 Å². The van der Waals surface area contributed by atoms with Crippen molar-refractivity contribution in [1.82, 2.24) is 0 Å². The van der Waals surface area contributed by atoms with Crippen LogP contribution in [-0.2, 0) is 6.54 Å². The molecule has 3 aromatic rings. The van der Waals surface area contributed by atoms with Crippen molar-refractivity contribution in [2.24, 2.45) is 5.73 Å². The van der Waals surface area contributed by atoms with Gasteiger partial charge in [-0.1, -0.05) is 48.2 Å². The average molecular weight is 299 g/mol. The van der Waals surface area contributed by atoms with E-state index in [0.29, 0.717) is 6.54 Å². The highest BCUT2D eigenvalue weighted by Crippen LogP contribution is 2.42. The van der Waals surface area contributed by atoms with Crippen LogP contribution in [0, 0.1) is 13.8 Å². The molecule has 0 bridgehead atoms. The molecule has 1 aromatic heterocycles. The molecule has 0 radical (unpaired) electrons. The molecule has 0 amide bonds. The summed E-state index contributed by atoms with van der Waals surface area (Å²) in [6.45, 7) is 4.95. The van der Waals surface area contributed by atoms with Crippen molar-refractivity contribution in [3.63, 3.8) is 0 Å². The summed E-state index contributed by atoms with van der Waals surface area (Å²) in [7, 11) is 0. The van der Waals surface area contributed by atoms with Gasteiger partial charge in [0.2, 0.25) is 0 Å². The van der Waals surface area contributed by atoms with Gasteiger partial charge in [0.1, 0.15) is 0 Å². The molecule has 2 aromatic carbocycles. The second-order valence-corrected chi connectivity index (χ2v) is 7.13. The van der Waals surface area contributed by atoms with Crippen LogP contribution in [0.15, 0.2) is 52.3 Å². The Labute approximate surface area is 127 Å². The summed E-state index contributed by atoms with van der Waals surface area (Å²) in [6, 6.07) is 15.0. The van der Waals surface area contributed by atoms with Crippen LogP contribution >= 0.6 is 23.1 Å². The quantitative estimate of drug-likeness (QED) is 0.725. The molecule has 2 N–H and O–H groups in total.